The van der Waals surface area contributed by atoms with E-state index in [-0.39, 0.29) is 0 Å². The molecule has 3 heteroatoms. The van der Waals surface area contributed by atoms with Crippen LogP contribution >= 0.6 is 0 Å². The number of amides is 1. The zero-order valence-electron chi connectivity index (χ0n) is 10.8. The fourth-order valence-corrected chi connectivity index (χ4v) is 2.30. The van der Waals surface area contributed by atoms with Crippen molar-refractivity contribution >= 4 is 6.41 Å². The van der Waals surface area contributed by atoms with Gasteiger partial charge in [-0.25, -0.2) is 0 Å². The Morgan fingerprint density at radius 1 is 1.41 bits per heavy atom. The summed E-state index contributed by atoms with van der Waals surface area (Å²) in [5, 5.41) is 0. The Morgan fingerprint density at radius 2 is 2.12 bits per heavy atom. The van der Waals surface area contributed by atoms with Gasteiger partial charge in [0, 0.05) is 19.6 Å². The Balaban J connectivity index is 2.07. The Bertz CT molecular complexity index is 411. The smallest absolute Gasteiger partial charge is 0.210 e. The van der Waals surface area contributed by atoms with Crippen molar-refractivity contribution in [1.82, 2.24) is 9.80 Å². The predicted octanol–water partition coefficient (Wildman–Crippen LogP) is 1.58. The highest BCUT2D eigenvalue weighted by molar-refractivity contribution is 5.49. The minimum absolute atomic E-state index is 0.386. The third-order valence-electron chi connectivity index (χ3n) is 3.51. The molecule has 1 amide bonds. The summed E-state index contributed by atoms with van der Waals surface area (Å²) in [4.78, 5) is 15.3. The second kappa shape index (κ2) is 4.88. The van der Waals surface area contributed by atoms with Crippen LogP contribution in [0.1, 0.15) is 16.7 Å². The molecule has 17 heavy (non-hydrogen) atoms. The Kier molecular flexibility index (Phi) is 3.48. The summed E-state index contributed by atoms with van der Waals surface area (Å²) in [6, 6.07) is 6.80. The first-order valence-corrected chi connectivity index (χ1v) is 6.06. The van der Waals surface area contributed by atoms with Gasteiger partial charge in [-0.2, -0.15) is 0 Å². The molecular weight excluding hydrogens is 212 g/mol. The van der Waals surface area contributed by atoms with Crippen molar-refractivity contribution in [3.63, 3.8) is 0 Å². The maximum absolute atomic E-state index is 11.2. The van der Waals surface area contributed by atoms with Gasteiger partial charge in [0.15, 0.2) is 0 Å². The van der Waals surface area contributed by atoms with Crippen molar-refractivity contribution in [1.29, 1.82) is 0 Å². The van der Waals surface area contributed by atoms with E-state index in [0.717, 1.165) is 26.0 Å². The minimum Gasteiger partial charge on any atom is -0.335 e. The average Bonchev–Trinajstić information content (AvgIpc) is 2.26. The van der Waals surface area contributed by atoms with E-state index in [1.165, 1.54) is 16.7 Å². The maximum Gasteiger partial charge on any atom is 0.210 e. The van der Waals surface area contributed by atoms with Crippen LogP contribution in [0.25, 0.3) is 0 Å². The van der Waals surface area contributed by atoms with Crippen LogP contribution in [0.5, 0.6) is 0 Å². The molecule has 2 rings (SSSR count). The van der Waals surface area contributed by atoms with Crippen LogP contribution in [-0.4, -0.2) is 42.4 Å². The number of aryl methyl sites for hydroxylation is 2. The molecule has 0 aromatic heterocycles. The normalized spacial score (nSPS) is 16.6. The fourth-order valence-electron chi connectivity index (χ4n) is 2.30. The molecule has 0 atom stereocenters. The first-order valence-electron chi connectivity index (χ1n) is 6.06. The molecule has 1 aliphatic heterocycles. The SMILES string of the molecule is Cc1ccc(C)c(CN(C=O)C2CN(C)C2)c1. The molecule has 0 aliphatic carbocycles. The molecule has 0 radical (unpaired) electrons. The Morgan fingerprint density at radius 3 is 2.71 bits per heavy atom. The van der Waals surface area contributed by atoms with E-state index in [2.05, 4.69) is 44.0 Å². The van der Waals surface area contributed by atoms with Gasteiger partial charge in [0.1, 0.15) is 0 Å². The number of rotatable bonds is 4. The molecule has 3 nitrogen and oxygen atoms in total. The number of benzene rings is 1. The van der Waals surface area contributed by atoms with Gasteiger partial charge in [0.2, 0.25) is 6.41 Å². The molecule has 0 spiro atoms. The van der Waals surface area contributed by atoms with Gasteiger partial charge in [-0.15, -0.1) is 0 Å². The second-order valence-corrected chi connectivity index (χ2v) is 5.08. The third kappa shape index (κ3) is 2.67. The monoisotopic (exact) mass is 232 g/mol. The Hall–Kier alpha value is -1.35. The molecular formula is C14H20N2O. The quantitative estimate of drug-likeness (QED) is 0.736. The summed E-state index contributed by atoms with van der Waals surface area (Å²) in [6.07, 6.45) is 0.986. The lowest BCUT2D eigenvalue weighted by atomic mass is 10.0. The number of hydrogen-bond acceptors (Lipinski definition) is 2. The molecule has 1 aromatic carbocycles. The molecule has 0 bridgehead atoms. The number of hydrogen-bond donors (Lipinski definition) is 0. The number of nitrogens with zero attached hydrogens (tertiary/aromatic N) is 2. The van der Waals surface area contributed by atoms with Gasteiger partial charge in [-0.05, 0) is 32.0 Å². The van der Waals surface area contributed by atoms with Crippen molar-refractivity contribution in [3.05, 3.63) is 34.9 Å². The molecule has 0 N–H and O–H groups in total. The van der Waals surface area contributed by atoms with Gasteiger partial charge < -0.3 is 9.80 Å². The highest BCUT2D eigenvalue weighted by Crippen LogP contribution is 2.17. The lowest BCUT2D eigenvalue weighted by molar-refractivity contribution is -0.124. The van der Waals surface area contributed by atoms with Crippen molar-refractivity contribution < 1.29 is 4.79 Å². The second-order valence-electron chi connectivity index (χ2n) is 5.08. The maximum atomic E-state index is 11.2. The molecule has 1 aromatic rings. The summed E-state index contributed by atoms with van der Waals surface area (Å²) in [7, 11) is 2.08. The third-order valence-corrected chi connectivity index (χ3v) is 3.51. The molecule has 1 heterocycles. The van der Waals surface area contributed by atoms with Crippen molar-refractivity contribution in [2.45, 2.75) is 26.4 Å². The Labute approximate surface area is 103 Å². The van der Waals surface area contributed by atoms with Crippen molar-refractivity contribution in [2.75, 3.05) is 20.1 Å². The van der Waals surface area contributed by atoms with Crippen LogP contribution < -0.4 is 0 Å². The van der Waals surface area contributed by atoms with Gasteiger partial charge >= 0.3 is 0 Å². The highest BCUT2D eigenvalue weighted by Gasteiger charge is 2.28. The van der Waals surface area contributed by atoms with Crippen LogP contribution in [0, 0.1) is 13.8 Å². The highest BCUT2D eigenvalue weighted by atomic mass is 16.1. The van der Waals surface area contributed by atoms with Crippen LogP contribution in [0.4, 0.5) is 0 Å². The summed E-state index contributed by atoms with van der Waals surface area (Å²) >= 11 is 0. The van der Waals surface area contributed by atoms with E-state index in [1.807, 2.05) is 4.90 Å². The molecule has 1 saturated heterocycles. The zero-order valence-corrected chi connectivity index (χ0v) is 10.8. The standard InChI is InChI=1S/C14H20N2O/c1-11-4-5-12(2)13(6-11)7-16(10-17)14-8-15(3)9-14/h4-6,10,14H,7-9H2,1-3H3. The van der Waals surface area contributed by atoms with Crippen molar-refractivity contribution in [2.24, 2.45) is 0 Å². The van der Waals surface area contributed by atoms with Gasteiger partial charge in [-0.3, -0.25) is 4.79 Å². The predicted molar refractivity (Wildman–Crippen MR) is 68.8 cm³/mol. The number of carbonyl (C=O) groups is 1. The summed E-state index contributed by atoms with van der Waals surface area (Å²) in [6.45, 7) is 6.90. The lowest BCUT2D eigenvalue weighted by Gasteiger charge is -2.42. The molecule has 1 aliphatic rings. The van der Waals surface area contributed by atoms with Crippen LogP contribution in [0.2, 0.25) is 0 Å². The first kappa shape index (κ1) is 12.1. The van der Waals surface area contributed by atoms with Gasteiger partial charge in [-0.1, -0.05) is 23.8 Å². The lowest BCUT2D eigenvalue weighted by Crippen LogP contribution is -2.57. The topological polar surface area (TPSA) is 23.6 Å². The van der Waals surface area contributed by atoms with Gasteiger partial charge in [0.05, 0.1) is 6.04 Å². The number of likely N-dealkylation sites (N-methyl/N-ethyl adjacent to an activating group) is 1. The summed E-state index contributed by atoms with van der Waals surface area (Å²) < 4.78 is 0. The molecule has 1 fully saturated rings. The minimum atomic E-state index is 0.386. The molecule has 0 saturated carbocycles. The summed E-state index contributed by atoms with van der Waals surface area (Å²) in [5.74, 6) is 0. The van der Waals surface area contributed by atoms with Crippen LogP contribution in [-0.2, 0) is 11.3 Å². The molecule has 0 unspecified atom stereocenters. The van der Waals surface area contributed by atoms with E-state index in [9.17, 15) is 4.79 Å². The van der Waals surface area contributed by atoms with Crippen LogP contribution in [0.3, 0.4) is 0 Å². The van der Waals surface area contributed by atoms with E-state index < -0.39 is 0 Å². The number of carbonyl (C=O) groups excluding carboxylic acids is 1. The van der Waals surface area contributed by atoms with E-state index in [0.29, 0.717) is 6.04 Å². The summed E-state index contributed by atoms with van der Waals surface area (Å²) in [5.41, 5.74) is 3.77. The van der Waals surface area contributed by atoms with Crippen molar-refractivity contribution in [3.8, 4) is 0 Å². The van der Waals surface area contributed by atoms with Crippen LogP contribution in [0.15, 0.2) is 18.2 Å². The average molecular weight is 232 g/mol. The van der Waals surface area contributed by atoms with E-state index in [4.69, 9.17) is 0 Å². The van der Waals surface area contributed by atoms with E-state index in [1.54, 1.807) is 0 Å². The zero-order chi connectivity index (χ0) is 12.4. The molecule has 92 valence electrons. The number of likely N-dealkylation sites (tertiary alicyclic amines) is 1. The first-order chi connectivity index (χ1) is 8.10. The van der Waals surface area contributed by atoms with E-state index >= 15 is 0 Å². The largest absolute Gasteiger partial charge is 0.335 e. The fraction of sp³-hybridized carbons (Fsp3) is 0.500. The van der Waals surface area contributed by atoms with Gasteiger partial charge in [0.25, 0.3) is 0 Å².